The molecule has 1 N–H and O–H groups in total. The van der Waals surface area contributed by atoms with Gasteiger partial charge in [-0.25, -0.2) is 8.42 Å². The first-order chi connectivity index (χ1) is 8.87. The lowest BCUT2D eigenvalue weighted by Crippen LogP contribution is -2.50. The molecule has 19 heavy (non-hydrogen) atoms. The molecule has 7 heteroatoms. The lowest BCUT2D eigenvalue weighted by Gasteiger charge is -2.35. The molecular formula is C12H19NO4S2. The van der Waals surface area contributed by atoms with Crippen LogP contribution in [-0.2, 0) is 21.4 Å². The van der Waals surface area contributed by atoms with E-state index in [2.05, 4.69) is 0 Å². The van der Waals surface area contributed by atoms with E-state index in [9.17, 15) is 13.5 Å². The third kappa shape index (κ3) is 2.71. The maximum Gasteiger partial charge on any atom is 0.244 e. The number of ether oxygens (including phenoxy) is 1. The van der Waals surface area contributed by atoms with Crippen molar-refractivity contribution in [3.63, 3.8) is 0 Å². The van der Waals surface area contributed by atoms with Crippen molar-refractivity contribution in [3.8, 4) is 0 Å². The first kappa shape index (κ1) is 14.9. The summed E-state index contributed by atoms with van der Waals surface area (Å²) in [4.78, 5) is 0.768. The molecule has 1 aliphatic heterocycles. The van der Waals surface area contributed by atoms with Gasteiger partial charge in [0, 0.05) is 12.6 Å². The Balaban J connectivity index is 2.44. The van der Waals surface area contributed by atoms with Gasteiger partial charge in [-0.05, 0) is 31.7 Å². The third-order valence-electron chi connectivity index (χ3n) is 3.25. The molecule has 2 heterocycles. The van der Waals surface area contributed by atoms with Crippen LogP contribution in [0.2, 0.25) is 0 Å². The molecular weight excluding hydrogens is 286 g/mol. The standard InChI is InChI=1S/C12H19NO4S2/c1-8-7-18-11(5-14)12(8)19(15,16)13-4-10(3)17-6-9(13)2/h7,9-10,14H,4-6H2,1-3H3. The Morgan fingerprint density at radius 3 is 2.84 bits per heavy atom. The average molecular weight is 305 g/mol. The minimum atomic E-state index is -3.57. The van der Waals surface area contributed by atoms with Gasteiger partial charge in [-0.2, -0.15) is 4.31 Å². The first-order valence-corrected chi connectivity index (χ1v) is 8.51. The molecule has 5 nitrogen and oxygen atoms in total. The summed E-state index contributed by atoms with van der Waals surface area (Å²) in [6, 6.07) is -0.188. The monoisotopic (exact) mass is 305 g/mol. The lowest BCUT2D eigenvalue weighted by atomic mass is 10.2. The fraction of sp³-hybridized carbons (Fsp3) is 0.667. The Kier molecular flexibility index (Phi) is 4.32. The number of rotatable bonds is 3. The predicted octanol–water partition coefficient (Wildman–Crippen LogP) is 1.35. The van der Waals surface area contributed by atoms with Crippen molar-refractivity contribution in [3.05, 3.63) is 15.8 Å². The molecule has 0 aromatic carbocycles. The summed E-state index contributed by atoms with van der Waals surface area (Å²) in [7, 11) is -3.57. The number of nitrogens with zero attached hydrogens (tertiary/aromatic N) is 1. The second kappa shape index (κ2) is 5.49. The Morgan fingerprint density at radius 2 is 2.21 bits per heavy atom. The van der Waals surface area contributed by atoms with Crippen molar-refractivity contribution in [1.82, 2.24) is 4.31 Å². The van der Waals surface area contributed by atoms with E-state index in [1.54, 1.807) is 12.3 Å². The van der Waals surface area contributed by atoms with Crippen LogP contribution < -0.4 is 0 Å². The second-order valence-corrected chi connectivity index (χ2v) is 7.69. The van der Waals surface area contributed by atoms with Gasteiger partial charge in [-0.3, -0.25) is 0 Å². The van der Waals surface area contributed by atoms with Gasteiger partial charge in [0.05, 0.1) is 24.2 Å². The molecule has 1 aromatic rings. The average Bonchev–Trinajstić information content (AvgIpc) is 2.74. The number of thiophene rings is 1. The molecule has 108 valence electrons. The highest BCUT2D eigenvalue weighted by molar-refractivity contribution is 7.89. The highest BCUT2D eigenvalue weighted by Crippen LogP contribution is 2.31. The maximum atomic E-state index is 12.8. The van der Waals surface area contributed by atoms with Crippen LogP contribution in [0.1, 0.15) is 24.3 Å². The van der Waals surface area contributed by atoms with E-state index in [0.29, 0.717) is 23.6 Å². The zero-order chi connectivity index (χ0) is 14.2. The molecule has 1 saturated heterocycles. The number of aryl methyl sites for hydroxylation is 1. The molecule has 0 spiro atoms. The molecule has 2 rings (SSSR count). The Labute approximate surface area is 117 Å². The summed E-state index contributed by atoms with van der Waals surface area (Å²) in [5, 5.41) is 11.1. The quantitative estimate of drug-likeness (QED) is 0.915. The Morgan fingerprint density at radius 1 is 1.53 bits per heavy atom. The zero-order valence-corrected chi connectivity index (χ0v) is 12.9. The third-order valence-corrected chi connectivity index (χ3v) is 6.68. The Hall–Kier alpha value is -0.470. The van der Waals surface area contributed by atoms with Gasteiger partial charge in [-0.1, -0.05) is 0 Å². The largest absolute Gasteiger partial charge is 0.391 e. The number of hydrogen-bond acceptors (Lipinski definition) is 5. The van der Waals surface area contributed by atoms with E-state index in [1.165, 1.54) is 15.6 Å². The molecule has 0 amide bonds. The maximum absolute atomic E-state index is 12.8. The van der Waals surface area contributed by atoms with E-state index in [1.807, 2.05) is 13.8 Å². The van der Waals surface area contributed by atoms with Crippen LogP contribution >= 0.6 is 11.3 Å². The molecule has 2 unspecified atom stereocenters. The van der Waals surface area contributed by atoms with Gasteiger partial charge in [0.2, 0.25) is 10.0 Å². The highest BCUT2D eigenvalue weighted by Gasteiger charge is 2.36. The van der Waals surface area contributed by atoms with Gasteiger partial charge in [0.1, 0.15) is 4.90 Å². The van der Waals surface area contributed by atoms with Gasteiger partial charge in [-0.15, -0.1) is 11.3 Å². The molecule has 0 radical (unpaired) electrons. The van der Waals surface area contributed by atoms with Crippen LogP contribution in [0, 0.1) is 6.92 Å². The van der Waals surface area contributed by atoms with Gasteiger partial charge >= 0.3 is 0 Å². The fourth-order valence-corrected chi connectivity index (χ4v) is 5.58. The van der Waals surface area contributed by atoms with Crippen LogP contribution in [0.4, 0.5) is 0 Å². The number of morpholine rings is 1. The van der Waals surface area contributed by atoms with Crippen LogP contribution in [0.3, 0.4) is 0 Å². The molecule has 1 fully saturated rings. The summed E-state index contributed by atoms with van der Waals surface area (Å²) >= 11 is 1.28. The minimum absolute atomic E-state index is 0.109. The number of aliphatic hydroxyl groups excluding tert-OH is 1. The summed E-state index contributed by atoms with van der Waals surface area (Å²) in [6.07, 6.45) is -0.109. The Bertz CT molecular complexity index is 552. The summed E-state index contributed by atoms with van der Waals surface area (Å²) in [5.74, 6) is 0. The molecule has 0 bridgehead atoms. The van der Waals surface area contributed by atoms with Crippen LogP contribution in [0.25, 0.3) is 0 Å². The summed E-state index contributed by atoms with van der Waals surface area (Å²) in [5.41, 5.74) is 0.695. The zero-order valence-electron chi connectivity index (χ0n) is 11.3. The first-order valence-electron chi connectivity index (χ1n) is 6.19. The van der Waals surface area contributed by atoms with Crippen LogP contribution in [-0.4, -0.2) is 43.1 Å². The minimum Gasteiger partial charge on any atom is -0.391 e. The molecule has 1 aliphatic rings. The highest BCUT2D eigenvalue weighted by atomic mass is 32.2. The number of aliphatic hydroxyl groups is 1. The van der Waals surface area contributed by atoms with Crippen molar-refractivity contribution < 1.29 is 18.3 Å². The SMILES string of the molecule is Cc1csc(CO)c1S(=O)(=O)N1CC(C)OCC1C. The van der Waals surface area contributed by atoms with E-state index in [0.717, 1.165) is 0 Å². The van der Waals surface area contributed by atoms with Gasteiger partial charge < -0.3 is 9.84 Å². The van der Waals surface area contributed by atoms with Crippen molar-refractivity contribution in [1.29, 1.82) is 0 Å². The molecule has 0 aliphatic carbocycles. The molecule has 2 atom stereocenters. The summed E-state index contributed by atoms with van der Waals surface area (Å²) in [6.45, 7) is 5.96. The topological polar surface area (TPSA) is 66.8 Å². The van der Waals surface area contributed by atoms with E-state index in [-0.39, 0.29) is 23.6 Å². The van der Waals surface area contributed by atoms with Crippen molar-refractivity contribution >= 4 is 21.4 Å². The van der Waals surface area contributed by atoms with Gasteiger partial charge in [0.15, 0.2) is 0 Å². The van der Waals surface area contributed by atoms with E-state index in [4.69, 9.17) is 4.74 Å². The van der Waals surface area contributed by atoms with Crippen molar-refractivity contribution in [2.24, 2.45) is 0 Å². The lowest BCUT2D eigenvalue weighted by molar-refractivity contribution is -0.0171. The number of hydrogen-bond donors (Lipinski definition) is 1. The van der Waals surface area contributed by atoms with Crippen LogP contribution in [0.15, 0.2) is 10.3 Å². The van der Waals surface area contributed by atoms with Crippen molar-refractivity contribution in [2.45, 2.75) is 44.4 Å². The second-order valence-electron chi connectivity index (χ2n) is 4.90. The fourth-order valence-electron chi connectivity index (χ4n) is 2.27. The molecule has 1 aromatic heterocycles. The molecule has 0 saturated carbocycles. The number of sulfonamides is 1. The normalized spacial score (nSPS) is 25.7. The summed E-state index contributed by atoms with van der Waals surface area (Å²) < 4.78 is 32.5. The van der Waals surface area contributed by atoms with Crippen molar-refractivity contribution in [2.75, 3.05) is 13.2 Å². The van der Waals surface area contributed by atoms with Gasteiger partial charge in [0.25, 0.3) is 0 Å². The smallest absolute Gasteiger partial charge is 0.244 e. The van der Waals surface area contributed by atoms with Crippen LogP contribution in [0.5, 0.6) is 0 Å². The van der Waals surface area contributed by atoms with E-state index >= 15 is 0 Å². The predicted molar refractivity (Wildman–Crippen MR) is 73.7 cm³/mol. The van der Waals surface area contributed by atoms with E-state index < -0.39 is 10.0 Å².